The normalized spacial score (nSPS) is 14.0. The molecule has 1 amide bonds. The zero-order valence-electron chi connectivity index (χ0n) is 6.60. The van der Waals surface area contributed by atoms with Crippen molar-refractivity contribution in [3.63, 3.8) is 0 Å². The van der Waals surface area contributed by atoms with Gasteiger partial charge in [-0.2, -0.15) is 0 Å². The monoisotopic (exact) mass is 197 g/mol. The smallest absolute Gasteiger partial charge is 0.324 e. The fourth-order valence-corrected chi connectivity index (χ4v) is 1.03. The lowest BCUT2D eigenvalue weighted by Crippen LogP contribution is -2.19. The highest BCUT2D eigenvalue weighted by atomic mass is 31.2. The molecule has 1 unspecified atom stereocenters. The number of hydrogen-bond acceptors (Lipinski definition) is 3. The molecule has 7 heteroatoms. The van der Waals surface area contributed by atoms with Gasteiger partial charge in [0.15, 0.2) is 0 Å². The maximum Gasteiger partial charge on any atom is 0.328 e. The molecule has 0 rings (SSSR count). The minimum atomic E-state index is -4.09. The number of hydroxylamine groups is 1. The Bertz CT molecular complexity index is 200. The molecule has 0 radical (unpaired) electrons. The molecule has 0 spiro atoms. The van der Waals surface area contributed by atoms with Gasteiger partial charge in [-0.3, -0.25) is 14.6 Å². The van der Waals surface area contributed by atoms with E-state index in [1.54, 1.807) is 0 Å². The predicted octanol–water partition coefficient (Wildman–Crippen LogP) is -0.162. The second kappa shape index (κ2) is 4.57. The average Bonchev–Trinajstić information content (AvgIpc) is 1.97. The first kappa shape index (κ1) is 11.6. The number of carbonyl (C=O) groups excluding carboxylic acids is 1. The molecule has 12 heavy (non-hydrogen) atoms. The molecule has 0 aliphatic carbocycles. The fourth-order valence-electron chi connectivity index (χ4n) is 0.564. The van der Waals surface area contributed by atoms with Crippen LogP contribution < -0.4 is 5.48 Å². The SMILES string of the molecule is CC(CCC(=O)NO)P(=O)(O)O. The molecule has 4 N–H and O–H groups in total. The summed E-state index contributed by atoms with van der Waals surface area (Å²) in [5.41, 5.74) is 0.528. The third-order valence-electron chi connectivity index (χ3n) is 1.49. The van der Waals surface area contributed by atoms with Crippen molar-refractivity contribution >= 4 is 13.5 Å². The Morgan fingerprint density at radius 2 is 2.08 bits per heavy atom. The van der Waals surface area contributed by atoms with Gasteiger partial charge in [-0.15, -0.1) is 0 Å². The zero-order chi connectivity index (χ0) is 9.78. The molecular formula is C5H12NO5P. The first-order chi connectivity index (χ1) is 5.38. The van der Waals surface area contributed by atoms with Crippen molar-refractivity contribution in [3.8, 4) is 0 Å². The molecule has 0 aromatic heterocycles. The van der Waals surface area contributed by atoms with E-state index in [1.807, 2.05) is 0 Å². The summed E-state index contributed by atoms with van der Waals surface area (Å²) in [4.78, 5) is 27.6. The van der Waals surface area contributed by atoms with Crippen LogP contribution in [0, 0.1) is 0 Å². The Labute approximate surface area is 69.7 Å². The Morgan fingerprint density at radius 1 is 1.58 bits per heavy atom. The van der Waals surface area contributed by atoms with Gasteiger partial charge in [0.05, 0.1) is 5.66 Å². The quantitative estimate of drug-likeness (QED) is 0.284. The van der Waals surface area contributed by atoms with Crippen LogP contribution in [0.15, 0.2) is 0 Å². The van der Waals surface area contributed by atoms with Crippen molar-refractivity contribution in [1.82, 2.24) is 5.48 Å². The van der Waals surface area contributed by atoms with Gasteiger partial charge < -0.3 is 9.79 Å². The molecule has 72 valence electrons. The predicted molar refractivity (Wildman–Crippen MR) is 40.7 cm³/mol. The van der Waals surface area contributed by atoms with Crippen LogP contribution in [0.4, 0.5) is 0 Å². The fraction of sp³-hybridized carbons (Fsp3) is 0.800. The first-order valence-corrected chi connectivity index (χ1v) is 5.04. The first-order valence-electron chi connectivity index (χ1n) is 3.36. The lowest BCUT2D eigenvalue weighted by atomic mass is 10.2. The molecule has 1 atom stereocenters. The van der Waals surface area contributed by atoms with Crippen LogP contribution in [-0.2, 0) is 9.36 Å². The van der Waals surface area contributed by atoms with E-state index in [1.165, 1.54) is 12.4 Å². The molecule has 0 bridgehead atoms. The zero-order valence-corrected chi connectivity index (χ0v) is 7.49. The molecule has 0 fully saturated rings. The Hall–Kier alpha value is -0.420. The van der Waals surface area contributed by atoms with E-state index in [0.717, 1.165) is 0 Å². The maximum absolute atomic E-state index is 10.5. The Morgan fingerprint density at radius 3 is 2.42 bits per heavy atom. The number of nitrogens with one attached hydrogen (secondary N) is 1. The van der Waals surface area contributed by atoms with Crippen molar-refractivity contribution in [3.05, 3.63) is 0 Å². The summed E-state index contributed by atoms with van der Waals surface area (Å²) in [6.07, 6.45) is -0.0422. The van der Waals surface area contributed by atoms with Gasteiger partial charge in [0.1, 0.15) is 0 Å². The van der Waals surface area contributed by atoms with Gasteiger partial charge in [-0.1, -0.05) is 6.92 Å². The van der Waals surface area contributed by atoms with Gasteiger partial charge in [0, 0.05) is 6.42 Å². The van der Waals surface area contributed by atoms with Crippen molar-refractivity contribution in [2.45, 2.75) is 25.4 Å². The highest BCUT2D eigenvalue weighted by Crippen LogP contribution is 2.42. The summed E-state index contributed by atoms with van der Waals surface area (Å²) in [6.45, 7) is 1.35. The van der Waals surface area contributed by atoms with Crippen LogP contribution in [-0.4, -0.2) is 26.6 Å². The lowest BCUT2D eigenvalue weighted by Gasteiger charge is -2.11. The Balaban J connectivity index is 3.80. The van der Waals surface area contributed by atoms with Crippen LogP contribution >= 0.6 is 7.60 Å². The van der Waals surface area contributed by atoms with E-state index in [0.29, 0.717) is 0 Å². The number of amides is 1. The van der Waals surface area contributed by atoms with Gasteiger partial charge in [-0.25, -0.2) is 5.48 Å². The number of rotatable bonds is 4. The second-order valence-corrected chi connectivity index (χ2v) is 4.57. The highest BCUT2D eigenvalue weighted by Gasteiger charge is 2.23. The van der Waals surface area contributed by atoms with E-state index in [9.17, 15) is 9.36 Å². The van der Waals surface area contributed by atoms with Gasteiger partial charge in [0.25, 0.3) is 0 Å². The van der Waals surface area contributed by atoms with Gasteiger partial charge >= 0.3 is 7.60 Å². The molecule has 0 saturated carbocycles. The Kier molecular flexibility index (Phi) is 4.41. The van der Waals surface area contributed by atoms with Crippen LogP contribution in [0.5, 0.6) is 0 Å². The van der Waals surface area contributed by atoms with Crippen LogP contribution in [0.3, 0.4) is 0 Å². The lowest BCUT2D eigenvalue weighted by molar-refractivity contribution is -0.129. The van der Waals surface area contributed by atoms with Gasteiger partial charge in [0.2, 0.25) is 5.91 Å². The van der Waals surface area contributed by atoms with Gasteiger partial charge in [-0.05, 0) is 6.42 Å². The summed E-state index contributed by atoms with van der Waals surface area (Å²) in [5.74, 6) is -0.643. The summed E-state index contributed by atoms with van der Waals surface area (Å²) in [7, 11) is -4.09. The third kappa shape index (κ3) is 4.46. The van der Waals surface area contributed by atoms with Crippen LogP contribution in [0.1, 0.15) is 19.8 Å². The minimum absolute atomic E-state index is 0.0523. The van der Waals surface area contributed by atoms with Crippen molar-refractivity contribution in [2.75, 3.05) is 0 Å². The largest absolute Gasteiger partial charge is 0.328 e. The molecular weight excluding hydrogens is 185 g/mol. The number of hydrogen-bond donors (Lipinski definition) is 4. The number of carbonyl (C=O) groups is 1. The minimum Gasteiger partial charge on any atom is -0.324 e. The molecule has 0 aliphatic rings. The average molecular weight is 197 g/mol. The third-order valence-corrected chi connectivity index (χ3v) is 2.89. The van der Waals surface area contributed by atoms with E-state index >= 15 is 0 Å². The van der Waals surface area contributed by atoms with E-state index in [2.05, 4.69) is 0 Å². The van der Waals surface area contributed by atoms with Crippen molar-refractivity contribution < 1.29 is 24.4 Å². The van der Waals surface area contributed by atoms with E-state index in [4.69, 9.17) is 15.0 Å². The van der Waals surface area contributed by atoms with E-state index < -0.39 is 19.2 Å². The maximum atomic E-state index is 10.5. The standard InChI is InChI=1S/C5H12NO5P/c1-4(12(9,10)11)2-3-5(7)6-8/h4,8H,2-3H2,1H3,(H,6,7)(H2,9,10,11). The summed E-state index contributed by atoms with van der Waals surface area (Å²) < 4.78 is 10.5. The molecule has 6 nitrogen and oxygen atoms in total. The molecule has 0 aromatic carbocycles. The highest BCUT2D eigenvalue weighted by molar-refractivity contribution is 7.52. The summed E-state index contributed by atoms with van der Waals surface area (Å²) >= 11 is 0. The van der Waals surface area contributed by atoms with Crippen LogP contribution in [0.2, 0.25) is 0 Å². The van der Waals surface area contributed by atoms with E-state index in [-0.39, 0.29) is 12.8 Å². The topological polar surface area (TPSA) is 107 Å². The molecule has 0 heterocycles. The molecule has 0 saturated heterocycles. The second-order valence-electron chi connectivity index (χ2n) is 2.51. The van der Waals surface area contributed by atoms with Crippen molar-refractivity contribution in [2.24, 2.45) is 0 Å². The summed E-state index contributed by atoms with van der Waals surface area (Å²) in [5, 5.41) is 8.06. The molecule has 0 aromatic rings. The molecule has 0 aliphatic heterocycles. The summed E-state index contributed by atoms with van der Waals surface area (Å²) in [6, 6.07) is 0. The van der Waals surface area contributed by atoms with Crippen molar-refractivity contribution in [1.29, 1.82) is 0 Å². The van der Waals surface area contributed by atoms with Crippen LogP contribution in [0.25, 0.3) is 0 Å².